The summed E-state index contributed by atoms with van der Waals surface area (Å²) in [7, 11) is 0. The molecule has 3 N–H and O–H groups in total. The molecule has 0 saturated carbocycles. The molecule has 2 amide bonds. The standard InChI is InChI=1S/C30H31N5O6.C29H29N5O7/c1-5-22-23(41-25(36)14-39-30(38)21-11-17(2)19(4)18(3)12-21)13-24(40-22)35-16-33-26-27(31-15-32-28(26)35)34-29(37)20-9-7-6-8-10-20;1-16-9-20(10-17(2)18(16)3)29(38)39-13-24(36)41-21-11-23(40-22(21)12-35)34-15-32-25-26(30-14-31-27(25)34)33-28(37)19-7-5-4-6-8-19/h6-12,15-16,22-24H,5,13-14H2,1-4H3,(H,31,32,34,37);4-10,14-15,21-23,35H,11-13H2,1-3H3,(H,30,31,33,37). The Morgan fingerprint density at radius 2 is 0.939 bits per heavy atom. The Bertz CT molecular complexity index is 3400. The molecule has 0 aliphatic carbocycles. The van der Waals surface area contributed by atoms with Crippen LogP contribution in [0, 0.1) is 41.5 Å². The van der Waals surface area contributed by atoms with Crippen LogP contribution >= 0.6 is 0 Å². The van der Waals surface area contributed by atoms with Gasteiger partial charge in [0, 0.05) is 24.0 Å². The SMILES string of the molecule is CCC1OC(n2cnc3c(NC(=O)c4ccccc4)ncnc32)CC1OC(=O)COC(=O)c1cc(C)c(C)c(C)c1.Cc1cc(C(=O)OCC(=O)OC2CC(n3cnc4c(NC(=O)c5ccccc5)ncnc43)OC2CO)cc(C)c1C. The van der Waals surface area contributed by atoms with E-state index < -0.39 is 74.5 Å². The van der Waals surface area contributed by atoms with Gasteiger partial charge in [0.15, 0.2) is 47.2 Å². The molecule has 4 aromatic heterocycles. The number of carbonyl (C=O) groups excluding carboxylic acids is 6. The van der Waals surface area contributed by atoms with E-state index in [-0.39, 0.29) is 36.0 Å². The van der Waals surface area contributed by atoms with Crippen LogP contribution in [0.3, 0.4) is 0 Å². The van der Waals surface area contributed by atoms with Crippen molar-refractivity contribution in [2.24, 2.45) is 0 Å². The van der Waals surface area contributed by atoms with E-state index >= 15 is 0 Å². The molecule has 82 heavy (non-hydrogen) atoms. The van der Waals surface area contributed by atoms with E-state index in [1.165, 1.54) is 19.0 Å². The molecule has 10 rings (SSSR count). The lowest BCUT2D eigenvalue weighted by molar-refractivity contribution is -0.157. The lowest BCUT2D eigenvalue weighted by atomic mass is 10.0. The molecule has 0 spiro atoms. The van der Waals surface area contributed by atoms with Crippen LogP contribution in [0.5, 0.6) is 0 Å². The smallest absolute Gasteiger partial charge is 0.344 e. The minimum Gasteiger partial charge on any atom is -0.457 e. The number of hydrogen-bond donors (Lipinski definition) is 3. The predicted octanol–water partition coefficient (Wildman–Crippen LogP) is 7.52. The number of nitrogens with one attached hydrogen (secondary N) is 2. The highest BCUT2D eigenvalue weighted by Gasteiger charge is 2.41. The first kappa shape index (κ1) is 57.4. The van der Waals surface area contributed by atoms with Crippen molar-refractivity contribution < 1.29 is 62.3 Å². The zero-order valence-electron chi connectivity index (χ0n) is 46.0. The quantitative estimate of drug-likeness (QED) is 0.0622. The number of hydrogen-bond acceptors (Lipinski definition) is 19. The van der Waals surface area contributed by atoms with Crippen molar-refractivity contribution in [1.29, 1.82) is 0 Å². The van der Waals surface area contributed by atoms with Gasteiger partial charge in [-0.15, -0.1) is 0 Å². The van der Waals surface area contributed by atoms with E-state index in [0.29, 0.717) is 57.4 Å². The number of benzene rings is 4. The fraction of sp³-hybridized carbons (Fsp3) is 0.322. The summed E-state index contributed by atoms with van der Waals surface area (Å²) in [6.07, 6.45) is 3.04. The zero-order chi connectivity index (χ0) is 58.2. The molecule has 8 aromatic rings. The van der Waals surface area contributed by atoms with Gasteiger partial charge >= 0.3 is 23.9 Å². The fourth-order valence-electron chi connectivity index (χ4n) is 9.49. The maximum Gasteiger partial charge on any atom is 0.344 e. The molecule has 6 heterocycles. The Morgan fingerprint density at radius 3 is 1.33 bits per heavy atom. The van der Waals surface area contributed by atoms with E-state index in [9.17, 15) is 33.9 Å². The molecule has 0 bridgehead atoms. The van der Waals surface area contributed by atoms with Gasteiger partial charge in [-0.05, 0) is 130 Å². The minimum atomic E-state index is -0.821. The number of ether oxygens (including phenoxy) is 6. The third kappa shape index (κ3) is 13.0. The number of aromatic nitrogens is 8. The maximum atomic E-state index is 12.7. The number of aryl methyl sites for hydroxylation is 4. The molecule has 2 fully saturated rings. The summed E-state index contributed by atoms with van der Waals surface area (Å²) in [4.78, 5) is 101. The number of rotatable bonds is 16. The lowest BCUT2D eigenvalue weighted by Crippen LogP contribution is -2.31. The predicted molar refractivity (Wildman–Crippen MR) is 295 cm³/mol. The normalized spacial score (nSPS) is 18.3. The van der Waals surface area contributed by atoms with E-state index in [2.05, 4.69) is 40.5 Å². The van der Waals surface area contributed by atoms with Crippen LogP contribution in [-0.4, -0.2) is 124 Å². The number of anilines is 2. The highest BCUT2D eigenvalue weighted by molar-refractivity contribution is 6.07. The molecule has 2 aliphatic rings. The molecule has 2 saturated heterocycles. The maximum absolute atomic E-state index is 12.7. The van der Waals surface area contributed by atoms with Crippen LogP contribution in [0.25, 0.3) is 22.3 Å². The Labute approximate surface area is 470 Å². The first-order valence-electron chi connectivity index (χ1n) is 26.4. The number of imidazole rings is 2. The number of carbonyl (C=O) groups is 6. The number of aliphatic hydroxyl groups excluding tert-OH is 1. The average molecular weight is 1120 g/mol. The Balaban J connectivity index is 0.000000198. The summed E-state index contributed by atoms with van der Waals surface area (Å²) in [5.41, 5.74) is 9.32. The molecule has 424 valence electrons. The van der Waals surface area contributed by atoms with E-state index in [4.69, 9.17) is 28.4 Å². The van der Waals surface area contributed by atoms with Gasteiger partial charge in [0.05, 0.1) is 36.5 Å². The van der Waals surface area contributed by atoms with Gasteiger partial charge in [0.1, 0.15) is 43.4 Å². The van der Waals surface area contributed by atoms with Crippen molar-refractivity contribution in [2.75, 3.05) is 30.5 Å². The van der Waals surface area contributed by atoms with Gasteiger partial charge < -0.3 is 44.2 Å². The summed E-state index contributed by atoms with van der Waals surface area (Å²) >= 11 is 0. The second-order valence-electron chi connectivity index (χ2n) is 19.7. The zero-order valence-corrected chi connectivity index (χ0v) is 46.0. The van der Waals surface area contributed by atoms with Crippen molar-refractivity contribution in [2.45, 2.75) is 105 Å². The fourth-order valence-corrected chi connectivity index (χ4v) is 9.49. The van der Waals surface area contributed by atoms with E-state index in [0.717, 1.165) is 33.4 Å². The minimum absolute atomic E-state index is 0.183. The molecule has 6 atom stereocenters. The Kier molecular flexibility index (Phi) is 17.8. The van der Waals surface area contributed by atoms with Gasteiger partial charge in [-0.3, -0.25) is 18.7 Å². The number of fused-ring (bicyclic) bond motifs is 2. The first-order valence-corrected chi connectivity index (χ1v) is 26.4. The van der Waals surface area contributed by atoms with Crippen molar-refractivity contribution in [1.82, 2.24) is 39.0 Å². The second kappa shape index (κ2) is 25.4. The summed E-state index contributed by atoms with van der Waals surface area (Å²) in [5.74, 6) is -2.81. The topological polar surface area (TPSA) is 289 Å². The third-order valence-corrected chi connectivity index (χ3v) is 14.4. The first-order chi connectivity index (χ1) is 39.5. The van der Waals surface area contributed by atoms with Crippen molar-refractivity contribution in [3.05, 3.63) is 166 Å². The van der Waals surface area contributed by atoms with Crippen LogP contribution in [0.1, 0.15) is 113 Å². The van der Waals surface area contributed by atoms with E-state index in [1.807, 2.05) is 60.6 Å². The molecule has 6 unspecified atom stereocenters. The number of esters is 4. The second-order valence-corrected chi connectivity index (χ2v) is 19.7. The van der Waals surface area contributed by atoms with Gasteiger partial charge in [-0.1, -0.05) is 43.3 Å². The van der Waals surface area contributed by atoms with Crippen LogP contribution in [0.2, 0.25) is 0 Å². The van der Waals surface area contributed by atoms with Gasteiger partial charge in [0.2, 0.25) is 0 Å². The molecule has 2 aliphatic heterocycles. The number of nitrogens with zero attached hydrogens (tertiary/aromatic N) is 8. The summed E-state index contributed by atoms with van der Waals surface area (Å²) in [6, 6.07) is 24.4. The largest absolute Gasteiger partial charge is 0.457 e. The highest BCUT2D eigenvalue weighted by atomic mass is 16.6. The molecular weight excluding hydrogens is 1060 g/mol. The monoisotopic (exact) mass is 1120 g/mol. The van der Waals surface area contributed by atoms with Gasteiger partial charge in [-0.25, -0.2) is 49.1 Å². The van der Waals surface area contributed by atoms with Crippen LogP contribution in [0.4, 0.5) is 11.6 Å². The van der Waals surface area contributed by atoms with Crippen LogP contribution in [-0.2, 0) is 38.0 Å². The van der Waals surface area contributed by atoms with Gasteiger partial charge in [-0.2, -0.15) is 0 Å². The Hall–Kier alpha value is -9.32. The molecule has 4 aromatic carbocycles. The highest BCUT2D eigenvalue weighted by Crippen LogP contribution is 2.36. The Morgan fingerprint density at radius 1 is 0.549 bits per heavy atom. The van der Waals surface area contributed by atoms with Crippen molar-refractivity contribution in [3.8, 4) is 0 Å². The molecule has 23 nitrogen and oxygen atoms in total. The summed E-state index contributed by atoms with van der Waals surface area (Å²) in [6.45, 7) is 12.0. The van der Waals surface area contributed by atoms with Crippen molar-refractivity contribution in [3.63, 3.8) is 0 Å². The van der Waals surface area contributed by atoms with E-state index in [1.54, 1.807) is 88.3 Å². The van der Waals surface area contributed by atoms with Crippen LogP contribution in [0.15, 0.2) is 110 Å². The number of aliphatic hydroxyl groups is 1. The lowest BCUT2D eigenvalue weighted by Gasteiger charge is -2.17. The summed E-state index contributed by atoms with van der Waals surface area (Å²) < 4.78 is 37.1. The molecule has 23 heteroatoms. The number of amides is 2. The molecule has 0 radical (unpaired) electrons. The van der Waals surface area contributed by atoms with Crippen molar-refractivity contribution >= 4 is 69.7 Å². The summed E-state index contributed by atoms with van der Waals surface area (Å²) in [5, 5.41) is 15.4. The average Bonchev–Trinajstić information content (AvgIpc) is 4.39. The molecular formula is C59H60N10O13. The van der Waals surface area contributed by atoms with Crippen LogP contribution < -0.4 is 10.6 Å². The van der Waals surface area contributed by atoms with Gasteiger partial charge in [0.25, 0.3) is 11.8 Å². The third-order valence-electron chi connectivity index (χ3n) is 14.4.